The van der Waals surface area contributed by atoms with E-state index in [2.05, 4.69) is 10.6 Å². The molecule has 0 saturated heterocycles. The second-order valence-electron chi connectivity index (χ2n) is 6.08. The number of hydrogen-bond acceptors (Lipinski definition) is 5. The molecule has 1 aliphatic rings. The molecule has 0 spiro atoms. The van der Waals surface area contributed by atoms with Crippen LogP contribution in [0.15, 0.2) is 47.4 Å². The first kappa shape index (κ1) is 17.8. The number of fused-ring (bicyclic) bond motifs is 1. The lowest BCUT2D eigenvalue weighted by molar-refractivity contribution is 0.0879. The summed E-state index contributed by atoms with van der Waals surface area (Å²) in [6, 6.07) is 10.1. The maximum Gasteiger partial charge on any atom is 0.261 e. The molecule has 2 aromatic rings. The first-order valence-corrected chi connectivity index (χ1v) is 9.40. The van der Waals surface area contributed by atoms with Crippen LogP contribution in [0.5, 0.6) is 0 Å². The minimum absolute atomic E-state index is 0.116. The first-order valence-electron chi connectivity index (χ1n) is 7.86. The quantitative estimate of drug-likeness (QED) is 0.798. The largest absolute Gasteiger partial charge is 0.321 e. The summed E-state index contributed by atoms with van der Waals surface area (Å²) in [4.78, 5) is 36.1. The highest BCUT2D eigenvalue weighted by molar-refractivity contribution is 7.92. The van der Waals surface area contributed by atoms with Gasteiger partial charge >= 0.3 is 0 Å². The van der Waals surface area contributed by atoms with E-state index in [1.165, 1.54) is 36.4 Å². The van der Waals surface area contributed by atoms with Crippen molar-refractivity contribution in [1.82, 2.24) is 5.32 Å². The lowest BCUT2D eigenvalue weighted by Crippen LogP contribution is -2.21. The maximum atomic E-state index is 12.4. The molecular formula is C18H16N2O5S. The van der Waals surface area contributed by atoms with Crippen LogP contribution in [0, 0.1) is 0 Å². The van der Waals surface area contributed by atoms with E-state index < -0.39 is 32.8 Å². The molecule has 26 heavy (non-hydrogen) atoms. The van der Waals surface area contributed by atoms with Gasteiger partial charge in [0.2, 0.25) is 0 Å². The second kappa shape index (κ2) is 6.38. The Kier molecular flexibility index (Phi) is 4.37. The zero-order valence-electron chi connectivity index (χ0n) is 14.1. The van der Waals surface area contributed by atoms with E-state index in [1.807, 2.05) is 0 Å². The minimum Gasteiger partial charge on any atom is -0.321 e. The van der Waals surface area contributed by atoms with Crippen LogP contribution < -0.4 is 10.6 Å². The highest BCUT2D eigenvalue weighted by Gasteiger charge is 2.29. The fourth-order valence-electron chi connectivity index (χ4n) is 2.59. The van der Waals surface area contributed by atoms with Gasteiger partial charge in [-0.1, -0.05) is 6.07 Å². The molecule has 134 valence electrons. The number of benzene rings is 2. The standard InChI is InChI=1S/C18H16N2O5S/c1-10(2)26(24,25)12-8-6-11(7-9-12)16(21)19-14-5-3-4-13-15(14)18(23)20-17(13)22/h3-10H,1-2H3,(H,19,21)(H,20,22,23). The van der Waals surface area contributed by atoms with Gasteiger partial charge in [0.25, 0.3) is 17.7 Å². The van der Waals surface area contributed by atoms with Crippen LogP contribution in [-0.4, -0.2) is 31.4 Å². The maximum absolute atomic E-state index is 12.4. The summed E-state index contributed by atoms with van der Waals surface area (Å²) < 4.78 is 24.2. The van der Waals surface area contributed by atoms with Crippen molar-refractivity contribution in [2.75, 3.05) is 5.32 Å². The Morgan fingerprint density at radius 1 is 1.00 bits per heavy atom. The molecule has 0 bridgehead atoms. The van der Waals surface area contributed by atoms with Crippen molar-refractivity contribution < 1.29 is 22.8 Å². The summed E-state index contributed by atoms with van der Waals surface area (Å²) in [7, 11) is -3.42. The van der Waals surface area contributed by atoms with Crippen molar-refractivity contribution in [1.29, 1.82) is 0 Å². The van der Waals surface area contributed by atoms with Gasteiger partial charge < -0.3 is 5.32 Å². The van der Waals surface area contributed by atoms with Gasteiger partial charge in [0.1, 0.15) is 0 Å². The third-order valence-corrected chi connectivity index (χ3v) is 6.25. The highest BCUT2D eigenvalue weighted by atomic mass is 32.2. The van der Waals surface area contributed by atoms with E-state index >= 15 is 0 Å². The molecule has 8 heteroatoms. The van der Waals surface area contributed by atoms with Crippen LogP contribution in [0.1, 0.15) is 44.9 Å². The Balaban J connectivity index is 1.87. The van der Waals surface area contributed by atoms with Gasteiger partial charge in [-0.15, -0.1) is 0 Å². The Bertz CT molecular complexity index is 1020. The van der Waals surface area contributed by atoms with Gasteiger partial charge in [-0.2, -0.15) is 0 Å². The van der Waals surface area contributed by atoms with Crippen LogP contribution in [0.4, 0.5) is 5.69 Å². The summed E-state index contributed by atoms with van der Waals surface area (Å²) >= 11 is 0. The van der Waals surface area contributed by atoms with E-state index in [9.17, 15) is 22.8 Å². The van der Waals surface area contributed by atoms with Crippen molar-refractivity contribution in [3.63, 3.8) is 0 Å². The zero-order chi connectivity index (χ0) is 19.1. The van der Waals surface area contributed by atoms with Crippen LogP contribution in [0.25, 0.3) is 0 Å². The average Bonchev–Trinajstić information content (AvgIpc) is 2.90. The molecule has 0 aromatic heterocycles. The first-order chi connectivity index (χ1) is 12.2. The molecule has 0 fully saturated rings. The van der Waals surface area contributed by atoms with Crippen molar-refractivity contribution in [2.24, 2.45) is 0 Å². The zero-order valence-corrected chi connectivity index (χ0v) is 14.9. The van der Waals surface area contributed by atoms with Crippen LogP contribution >= 0.6 is 0 Å². The van der Waals surface area contributed by atoms with E-state index in [0.29, 0.717) is 0 Å². The number of carbonyl (C=O) groups excluding carboxylic acids is 3. The Labute approximate surface area is 150 Å². The molecule has 0 atom stereocenters. The molecule has 1 heterocycles. The molecule has 0 saturated carbocycles. The van der Waals surface area contributed by atoms with Crippen molar-refractivity contribution in [3.8, 4) is 0 Å². The Morgan fingerprint density at radius 2 is 1.65 bits per heavy atom. The van der Waals surface area contributed by atoms with Gasteiger partial charge in [0.15, 0.2) is 9.84 Å². The lowest BCUT2D eigenvalue weighted by atomic mass is 10.1. The molecule has 2 N–H and O–H groups in total. The number of sulfone groups is 1. The predicted octanol–water partition coefficient (Wildman–Crippen LogP) is 2.00. The molecule has 3 rings (SSSR count). The number of carbonyl (C=O) groups is 3. The summed E-state index contributed by atoms with van der Waals surface area (Å²) in [5.41, 5.74) is 0.765. The van der Waals surface area contributed by atoms with E-state index in [1.54, 1.807) is 19.9 Å². The number of imide groups is 1. The third kappa shape index (κ3) is 2.99. The summed E-state index contributed by atoms with van der Waals surface area (Å²) in [5.74, 6) is -1.59. The fourth-order valence-corrected chi connectivity index (χ4v) is 3.65. The summed E-state index contributed by atoms with van der Waals surface area (Å²) in [6.45, 7) is 3.16. The van der Waals surface area contributed by atoms with Gasteiger partial charge in [-0.05, 0) is 50.2 Å². The summed E-state index contributed by atoms with van der Waals surface area (Å²) in [6.07, 6.45) is 0. The van der Waals surface area contributed by atoms with Crippen LogP contribution in [0.2, 0.25) is 0 Å². The topological polar surface area (TPSA) is 109 Å². The molecule has 0 aliphatic carbocycles. The van der Waals surface area contributed by atoms with Crippen molar-refractivity contribution in [3.05, 3.63) is 59.2 Å². The Hall–Kier alpha value is -3.00. The minimum atomic E-state index is -3.42. The molecule has 3 amide bonds. The monoisotopic (exact) mass is 372 g/mol. The smallest absolute Gasteiger partial charge is 0.261 e. The molecular weight excluding hydrogens is 356 g/mol. The molecule has 0 unspecified atom stereocenters. The number of anilines is 1. The van der Waals surface area contributed by atoms with Crippen LogP contribution in [0.3, 0.4) is 0 Å². The average molecular weight is 372 g/mol. The molecule has 1 aliphatic heterocycles. The lowest BCUT2D eigenvalue weighted by Gasteiger charge is -2.10. The Morgan fingerprint density at radius 3 is 2.27 bits per heavy atom. The molecule has 2 aromatic carbocycles. The predicted molar refractivity (Wildman–Crippen MR) is 95.0 cm³/mol. The highest BCUT2D eigenvalue weighted by Crippen LogP contribution is 2.25. The number of nitrogens with one attached hydrogen (secondary N) is 2. The normalized spacial score (nSPS) is 13.5. The SMILES string of the molecule is CC(C)S(=O)(=O)c1ccc(C(=O)Nc2cccc3c2C(=O)NC3=O)cc1. The fraction of sp³-hybridized carbons (Fsp3) is 0.167. The van der Waals surface area contributed by atoms with Gasteiger partial charge in [0.05, 0.1) is 27.0 Å². The third-order valence-electron chi connectivity index (χ3n) is 4.08. The van der Waals surface area contributed by atoms with Crippen molar-refractivity contribution in [2.45, 2.75) is 24.0 Å². The molecule has 7 nitrogen and oxygen atoms in total. The van der Waals surface area contributed by atoms with E-state index in [-0.39, 0.29) is 27.3 Å². The second-order valence-corrected chi connectivity index (χ2v) is 8.59. The van der Waals surface area contributed by atoms with Gasteiger partial charge in [-0.25, -0.2) is 8.42 Å². The van der Waals surface area contributed by atoms with Crippen LogP contribution in [-0.2, 0) is 9.84 Å². The number of amides is 3. The number of hydrogen-bond donors (Lipinski definition) is 2. The number of rotatable bonds is 4. The van der Waals surface area contributed by atoms with E-state index in [4.69, 9.17) is 0 Å². The van der Waals surface area contributed by atoms with Gasteiger partial charge in [0, 0.05) is 5.56 Å². The molecule has 0 radical (unpaired) electrons. The van der Waals surface area contributed by atoms with E-state index in [0.717, 1.165) is 0 Å². The van der Waals surface area contributed by atoms with Gasteiger partial charge in [-0.3, -0.25) is 19.7 Å². The summed E-state index contributed by atoms with van der Waals surface area (Å²) in [5, 5.41) is 4.20. The van der Waals surface area contributed by atoms with Crippen molar-refractivity contribution >= 4 is 33.2 Å².